The van der Waals surface area contributed by atoms with E-state index in [1.165, 1.54) is 6.07 Å². The molecule has 104 valence electrons. The fourth-order valence-corrected chi connectivity index (χ4v) is 2.55. The molecule has 0 aliphatic heterocycles. The quantitative estimate of drug-likeness (QED) is 0.809. The van der Waals surface area contributed by atoms with Crippen molar-refractivity contribution in [1.29, 1.82) is 0 Å². The van der Waals surface area contributed by atoms with Gasteiger partial charge in [0.2, 0.25) is 0 Å². The molecule has 6 heteroatoms. The molecule has 0 saturated heterocycles. The van der Waals surface area contributed by atoms with E-state index >= 15 is 0 Å². The van der Waals surface area contributed by atoms with Crippen LogP contribution in [0.15, 0.2) is 35.0 Å². The number of carboxylic acids is 1. The molecule has 2 aromatic rings. The number of aromatic carboxylic acids is 1. The molecule has 0 saturated carbocycles. The third-order valence-corrected chi connectivity index (χ3v) is 3.72. The van der Waals surface area contributed by atoms with E-state index in [9.17, 15) is 9.59 Å². The van der Waals surface area contributed by atoms with E-state index in [0.717, 1.165) is 11.1 Å². The Morgan fingerprint density at radius 1 is 1.25 bits per heavy atom. The van der Waals surface area contributed by atoms with Gasteiger partial charge in [-0.15, -0.1) is 0 Å². The Morgan fingerprint density at radius 3 is 2.65 bits per heavy atom. The van der Waals surface area contributed by atoms with Crippen molar-refractivity contribution in [3.05, 3.63) is 51.7 Å². The number of hydrogen-bond donors (Lipinski definition) is 3. The second kappa shape index (κ2) is 6.21. The zero-order chi connectivity index (χ0) is 14.5. The van der Waals surface area contributed by atoms with Crippen LogP contribution in [0.1, 0.15) is 21.5 Å². The van der Waals surface area contributed by atoms with Crippen LogP contribution in [-0.4, -0.2) is 17.1 Å². The minimum Gasteiger partial charge on any atom is -0.478 e. The van der Waals surface area contributed by atoms with Crippen LogP contribution in [0.25, 0.3) is 0 Å². The second-order valence-corrected chi connectivity index (χ2v) is 4.98. The first kappa shape index (κ1) is 14.1. The monoisotopic (exact) mass is 290 g/mol. The number of anilines is 1. The van der Waals surface area contributed by atoms with Gasteiger partial charge < -0.3 is 15.7 Å². The number of thiophene rings is 1. The first-order valence-electron chi connectivity index (χ1n) is 5.97. The molecule has 5 nitrogen and oxygen atoms in total. The van der Waals surface area contributed by atoms with Gasteiger partial charge in [0, 0.05) is 6.54 Å². The molecular weight excluding hydrogens is 276 g/mol. The highest BCUT2D eigenvalue weighted by molar-refractivity contribution is 7.08. The largest absolute Gasteiger partial charge is 0.478 e. The molecule has 0 radical (unpaired) electrons. The van der Waals surface area contributed by atoms with Crippen LogP contribution >= 0.6 is 11.3 Å². The van der Waals surface area contributed by atoms with Crippen LogP contribution in [0.5, 0.6) is 0 Å². The van der Waals surface area contributed by atoms with Crippen LogP contribution < -0.4 is 10.6 Å². The van der Waals surface area contributed by atoms with Crippen molar-refractivity contribution >= 4 is 29.0 Å². The topological polar surface area (TPSA) is 78.4 Å². The Bertz CT molecular complexity index is 637. The number of aryl methyl sites for hydroxylation is 1. The fourth-order valence-electron chi connectivity index (χ4n) is 1.69. The molecular formula is C14H14N2O3S. The standard InChI is InChI=1S/C14H14N2O3S/c1-9-7-20-8-10(9)6-15-14(19)16-12-5-3-2-4-11(12)13(17)18/h2-5,7-8H,6H2,1H3,(H,17,18)(H2,15,16,19). The first-order chi connectivity index (χ1) is 9.58. The Balaban J connectivity index is 1.98. The Labute approximate surface area is 120 Å². The van der Waals surface area contributed by atoms with Gasteiger partial charge in [0.15, 0.2) is 0 Å². The normalized spacial score (nSPS) is 10.1. The van der Waals surface area contributed by atoms with Crippen molar-refractivity contribution in [3.63, 3.8) is 0 Å². The third kappa shape index (κ3) is 3.36. The SMILES string of the molecule is Cc1cscc1CNC(=O)Nc1ccccc1C(=O)O. The lowest BCUT2D eigenvalue weighted by Crippen LogP contribution is -2.29. The summed E-state index contributed by atoms with van der Waals surface area (Å²) >= 11 is 1.58. The Kier molecular flexibility index (Phi) is 4.37. The van der Waals surface area contributed by atoms with Crippen LogP contribution in [0.4, 0.5) is 10.5 Å². The maximum Gasteiger partial charge on any atom is 0.337 e. The van der Waals surface area contributed by atoms with E-state index in [1.807, 2.05) is 17.7 Å². The van der Waals surface area contributed by atoms with Gasteiger partial charge in [0.1, 0.15) is 0 Å². The number of carbonyl (C=O) groups is 2. The molecule has 3 N–H and O–H groups in total. The molecule has 0 aliphatic rings. The van der Waals surface area contributed by atoms with Gasteiger partial charge in [-0.25, -0.2) is 9.59 Å². The van der Waals surface area contributed by atoms with E-state index in [4.69, 9.17) is 5.11 Å². The molecule has 1 heterocycles. The van der Waals surface area contributed by atoms with Gasteiger partial charge in [0.05, 0.1) is 11.3 Å². The predicted molar refractivity (Wildman–Crippen MR) is 78.3 cm³/mol. The number of hydrogen-bond acceptors (Lipinski definition) is 3. The molecule has 0 fully saturated rings. The zero-order valence-corrected chi connectivity index (χ0v) is 11.7. The number of urea groups is 1. The van der Waals surface area contributed by atoms with E-state index in [0.29, 0.717) is 6.54 Å². The first-order valence-corrected chi connectivity index (χ1v) is 6.91. The van der Waals surface area contributed by atoms with E-state index in [-0.39, 0.29) is 11.3 Å². The highest BCUT2D eigenvalue weighted by Gasteiger charge is 2.11. The third-order valence-electron chi connectivity index (χ3n) is 2.81. The molecule has 0 spiro atoms. The minimum atomic E-state index is -1.07. The molecule has 20 heavy (non-hydrogen) atoms. The van der Waals surface area contributed by atoms with Crippen molar-refractivity contribution in [2.24, 2.45) is 0 Å². The highest BCUT2D eigenvalue weighted by Crippen LogP contribution is 2.15. The highest BCUT2D eigenvalue weighted by atomic mass is 32.1. The number of para-hydroxylation sites is 1. The molecule has 0 aliphatic carbocycles. The lowest BCUT2D eigenvalue weighted by Gasteiger charge is -2.09. The number of amides is 2. The van der Waals surface area contributed by atoms with Gasteiger partial charge in [-0.05, 0) is 40.9 Å². The van der Waals surface area contributed by atoms with Crippen LogP contribution in [0.3, 0.4) is 0 Å². The van der Waals surface area contributed by atoms with Crippen molar-refractivity contribution < 1.29 is 14.7 Å². The van der Waals surface area contributed by atoms with Crippen LogP contribution in [0, 0.1) is 6.92 Å². The van der Waals surface area contributed by atoms with Crippen LogP contribution in [0.2, 0.25) is 0 Å². The number of carbonyl (C=O) groups excluding carboxylic acids is 1. The maximum atomic E-state index is 11.8. The number of benzene rings is 1. The van der Waals surface area contributed by atoms with Crippen molar-refractivity contribution in [2.45, 2.75) is 13.5 Å². The van der Waals surface area contributed by atoms with Crippen molar-refractivity contribution in [3.8, 4) is 0 Å². The summed E-state index contributed by atoms with van der Waals surface area (Å²) in [6.07, 6.45) is 0. The molecule has 2 rings (SSSR count). The molecule has 2 amide bonds. The van der Waals surface area contributed by atoms with Crippen molar-refractivity contribution in [1.82, 2.24) is 5.32 Å². The smallest absolute Gasteiger partial charge is 0.337 e. The van der Waals surface area contributed by atoms with E-state index < -0.39 is 12.0 Å². The lowest BCUT2D eigenvalue weighted by molar-refractivity contribution is 0.0698. The van der Waals surface area contributed by atoms with Gasteiger partial charge in [-0.3, -0.25) is 0 Å². The molecule has 1 aromatic heterocycles. The Hall–Kier alpha value is -2.34. The number of carboxylic acid groups (broad SMARTS) is 1. The van der Waals surface area contributed by atoms with Gasteiger partial charge in [-0.1, -0.05) is 12.1 Å². The summed E-state index contributed by atoms with van der Waals surface area (Å²) in [6.45, 7) is 2.39. The van der Waals surface area contributed by atoms with Gasteiger partial charge in [-0.2, -0.15) is 11.3 Å². The Morgan fingerprint density at radius 2 is 2.00 bits per heavy atom. The maximum absolute atomic E-state index is 11.8. The van der Waals surface area contributed by atoms with E-state index in [1.54, 1.807) is 29.5 Å². The summed E-state index contributed by atoms with van der Waals surface area (Å²) in [5, 5.41) is 18.3. The predicted octanol–water partition coefficient (Wildman–Crippen LogP) is 3.08. The fraction of sp³-hybridized carbons (Fsp3) is 0.143. The molecule has 0 atom stereocenters. The zero-order valence-electron chi connectivity index (χ0n) is 10.8. The summed E-state index contributed by atoms with van der Waals surface area (Å²) in [5.41, 5.74) is 2.52. The number of rotatable bonds is 4. The average Bonchev–Trinajstić information content (AvgIpc) is 2.82. The summed E-state index contributed by atoms with van der Waals surface area (Å²) in [5.74, 6) is -1.07. The van der Waals surface area contributed by atoms with E-state index in [2.05, 4.69) is 10.6 Å². The summed E-state index contributed by atoms with van der Waals surface area (Å²) in [7, 11) is 0. The summed E-state index contributed by atoms with van der Waals surface area (Å²) < 4.78 is 0. The molecule has 0 bridgehead atoms. The summed E-state index contributed by atoms with van der Waals surface area (Å²) in [4.78, 5) is 22.8. The lowest BCUT2D eigenvalue weighted by atomic mass is 10.2. The minimum absolute atomic E-state index is 0.0642. The second-order valence-electron chi connectivity index (χ2n) is 4.24. The number of nitrogens with one attached hydrogen (secondary N) is 2. The van der Waals surface area contributed by atoms with Gasteiger partial charge in [0.25, 0.3) is 0 Å². The van der Waals surface area contributed by atoms with Crippen molar-refractivity contribution in [2.75, 3.05) is 5.32 Å². The summed E-state index contributed by atoms with van der Waals surface area (Å²) in [6, 6.07) is 5.86. The van der Waals surface area contributed by atoms with Gasteiger partial charge >= 0.3 is 12.0 Å². The molecule has 0 unspecified atom stereocenters. The molecule has 1 aromatic carbocycles. The average molecular weight is 290 g/mol. The van der Waals surface area contributed by atoms with Crippen LogP contribution in [-0.2, 0) is 6.54 Å².